The Kier molecular flexibility index (Phi) is 4.78. The van der Waals surface area contributed by atoms with Crippen LogP contribution in [0.5, 0.6) is 0 Å². The molecule has 4 heterocycles. The van der Waals surface area contributed by atoms with Crippen molar-refractivity contribution in [2.45, 2.75) is 19.1 Å². The van der Waals surface area contributed by atoms with Crippen molar-refractivity contribution in [3.63, 3.8) is 0 Å². The number of hydrogen-bond donors (Lipinski definition) is 0. The maximum atomic E-state index is 12.0. The molecule has 2 aromatic heterocycles. The zero-order valence-corrected chi connectivity index (χ0v) is 15.9. The second-order valence-electron chi connectivity index (χ2n) is 6.87. The van der Waals surface area contributed by atoms with Crippen LogP contribution in [0.1, 0.15) is 18.6 Å². The highest BCUT2D eigenvalue weighted by molar-refractivity contribution is 7.07. The van der Waals surface area contributed by atoms with E-state index in [1.165, 1.54) is 5.56 Å². The lowest BCUT2D eigenvalue weighted by Crippen LogP contribution is -2.49. The molecule has 0 N–H and O–H groups in total. The summed E-state index contributed by atoms with van der Waals surface area (Å²) in [5.41, 5.74) is 1.21. The van der Waals surface area contributed by atoms with E-state index in [2.05, 4.69) is 38.6 Å². The number of anilines is 2. The highest BCUT2D eigenvalue weighted by Gasteiger charge is 2.28. The summed E-state index contributed by atoms with van der Waals surface area (Å²) in [6.07, 6.45) is 1.76. The molecular weight excluding hydrogens is 350 g/mol. The number of piperazine rings is 1. The molecule has 2 fully saturated rings. The Morgan fingerprint density at radius 1 is 1.19 bits per heavy atom. The minimum absolute atomic E-state index is 0.0497. The summed E-state index contributed by atoms with van der Waals surface area (Å²) >= 11 is 1.69. The van der Waals surface area contributed by atoms with E-state index in [0.29, 0.717) is 13.1 Å². The monoisotopic (exact) mass is 373 g/mol. The first kappa shape index (κ1) is 17.2. The highest BCUT2D eigenvalue weighted by atomic mass is 32.1. The number of carbonyl (C=O) groups is 1. The Morgan fingerprint density at radius 2 is 2.00 bits per heavy atom. The second kappa shape index (κ2) is 7.20. The first-order chi connectivity index (χ1) is 12.6. The lowest BCUT2D eigenvalue weighted by Gasteiger charge is -2.38. The predicted molar refractivity (Wildman–Crippen MR) is 102 cm³/mol. The molecule has 0 saturated carbocycles. The van der Waals surface area contributed by atoms with E-state index in [1.807, 2.05) is 18.0 Å². The van der Waals surface area contributed by atoms with E-state index in [0.717, 1.165) is 31.3 Å². The van der Waals surface area contributed by atoms with Gasteiger partial charge in [-0.3, -0.25) is 4.79 Å². The summed E-state index contributed by atoms with van der Waals surface area (Å²) < 4.78 is 6.12. The molecule has 138 valence electrons. The number of rotatable bonds is 3. The van der Waals surface area contributed by atoms with Gasteiger partial charge in [0.2, 0.25) is 5.91 Å². The fourth-order valence-corrected chi connectivity index (χ4v) is 4.12. The minimum Gasteiger partial charge on any atom is -0.367 e. The zero-order chi connectivity index (χ0) is 18.1. The van der Waals surface area contributed by atoms with E-state index < -0.39 is 0 Å². The number of thiophene rings is 1. The summed E-state index contributed by atoms with van der Waals surface area (Å²) in [5.74, 6) is 1.81. The maximum absolute atomic E-state index is 12.0. The SMILES string of the molecule is CC1CN(c2cc(N3CCN(C)C(=O)C3)ncn2)CC(c2ccsc2)O1. The number of carbonyl (C=O) groups excluding carboxylic acids is 1. The van der Waals surface area contributed by atoms with E-state index in [9.17, 15) is 4.79 Å². The first-order valence-corrected chi connectivity index (χ1v) is 9.78. The fourth-order valence-electron chi connectivity index (χ4n) is 3.42. The molecule has 0 aliphatic carbocycles. The average molecular weight is 373 g/mol. The van der Waals surface area contributed by atoms with Crippen molar-refractivity contribution in [2.24, 2.45) is 0 Å². The molecule has 2 aromatic rings. The fraction of sp³-hybridized carbons (Fsp3) is 0.500. The third kappa shape index (κ3) is 3.52. The van der Waals surface area contributed by atoms with Crippen LogP contribution in [0.25, 0.3) is 0 Å². The normalized spacial score (nSPS) is 24.2. The third-order valence-electron chi connectivity index (χ3n) is 4.92. The second-order valence-corrected chi connectivity index (χ2v) is 7.65. The molecule has 7 nitrogen and oxygen atoms in total. The van der Waals surface area contributed by atoms with E-state index in [4.69, 9.17) is 4.74 Å². The molecule has 2 saturated heterocycles. The van der Waals surface area contributed by atoms with Gasteiger partial charge in [0.15, 0.2) is 0 Å². The molecule has 1 amide bonds. The summed E-state index contributed by atoms with van der Waals surface area (Å²) in [6, 6.07) is 4.11. The van der Waals surface area contributed by atoms with E-state index >= 15 is 0 Å². The van der Waals surface area contributed by atoms with Gasteiger partial charge in [-0.05, 0) is 29.3 Å². The largest absolute Gasteiger partial charge is 0.367 e. The predicted octanol–water partition coefficient (Wildman–Crippen LogP) is 1.78. The van der Waals surface area contributed by atoms with Gasteiger partial charge in [-0.15, -0.1) is 0 Å². The van der Waals surface area contributed by atoms with Crippen LogP contribution in [0.4, 0.5) is 11.6 Å². The number of likely N-dealkylation sites (N-methyl/N-ethyl adjacent to an activating group) is 1. The third-order valence-corrected chi connectivity index (χ3v) is 5.62. The lowest BCUT2D eigenvalue weighted by atomic mass is 10.1. The van der Waals surface area contributed by atoms with Gasteiger partial charge in [-0.2, -0.15) is 11.3 Å². The van der Waals surface area contributed by atoms with Crippen LogP contribution in [0.3, 0.4) is 0 Å². The molecule has 4 rings (SSSR count). The first-order valence-electron chi connectivity index (χ1n) is 8.83. The molecular formula is C18H23N5O2S. The molecule has 0 radical (unpaired) electrons. The molecule has 2 atom stereocenters. The Hall–Kier alpha value is -2.19. The molecule has 8 heteroatoms. The molecule has 0 spiro atoms. The molecule has 0 aromatic carbocycles. The number of amides is 1. The summed E-state index contributed by atoms with van der Waals surface area (Å²) in [7, 11) is 1.84. The number of nitrogens with zero attached hydrogens (tertiary/aromatic N) is 5. The maximum Gasteiger partial charge on any atom is 0.241 e. The lowest BCUT2D eigenvalue weighted by molar-refractivity contribution is -0.129. The summed E-state index contributed by atoms with van der Waals surface area (Å²) in [4.78, 5) is 26.9. The topological polar surface area (TPSA) is 61.8 Å². The molecule has 2 aliphatic rings. The van der Waals surface area contributed by atoms with Crippen LogP contribution < -0.4 is 9.80 Å². The van der Waals surface area contributed by atoms with Crippen LogP contribution in [0.15, 0.2) is 29.2 Å². The van der Waals surface area contributed by atoms with Gasteiger partial charge >= 0.3 is 0 Å². The van der Waals surface area contributed by atoms with Crippen molar-refractivity contribution in [3.8, 4) is 0 Å². The van der Waals surface area contributed by atoms with Gasteiger partial charge in [0.1, 0.15) is 24.1 Å². The number of morpholine rings is 1. The Bertz CT molecular complexity index is 769. The molecule has 2 aliphatic heterocycles. The van der Waals surface area contributed by atoms with Gasteiger partial charge in [0.25, 0.3) is 0 Å². The van der Waals surface area contributed by atoms with Crippen molar-refractivity contribution in [1.29, 1.82) is 0 Å². The standard InChI is InChI=1S/C18H23N5O2S/c1-13-8-23(9-15(25-13)14-3-6-26-11-14)17-7-16(19-12-20-17)22-5-4-21(2)18(24)10-22/h3,6-7,11-13,15H,4-5,8-10H2,1-2H3. The quantitative estimate of drug-likeness (QED) is 0.817. The minimum atomic E-state index is 0.0497. The summed E-state index contributed by atoms with van der Waals surface area (Å²) in [5, 5.41) is 4.22. The van der Waals surface area contributed by atoms with E-state index in [-0.39, 0.29) is 18.1 Å². The van der Waals surface area contributed by atoms with Crippen molar-refractivity contribution in [3.05, 3.63) is 34.8 Å². The van der Waals surface area contributed by atoms with Gasteiger partial charge in [-0.25, -0.2) is 9.97 Å². The number of aromatic nitrogens is 2. The Morgan fingerprint density at radius 3 is 2.73 bits per heavy atom. The van der Waals surface area contributed by atoms with Gasteiger partial charge in [0.05, 0.1) is 12.6 Å². The van der Waals surface area contributed by atoms with Crippen LogP contribution >= 0.6 is 11.3 Å². The van der Waals surface area contributed by atoms with Crippen molar-refractivity contribution in [1.82, 2.24) is 14.9 Å². The van der Waals surface area contributed by atoms with Crippen molar-refractivity contribution < 1.29 is 9.53 Å². The van der Waals surface area contributed by atoms with Crippen LogP contribution in [0.2, 0.25) is 0 Å². The van der Waals surface area contributed by atoms with Gasteiger partial charge in [0, 0.05) is 39.3 Å². The Balaban J connectivity index is 1.53. The zero-order valence-electron chi connectivity index (χ0n) is 15.0. The number of ether oxygens (including phenoxy) is 1. The molecule has 0 bridgehead atoms. The van der Waals surface area contributed by atoms with Crippen LogP contribution in [-0.2, 0) is 9.53 Å². The highest BCUT2D eigenvalue weighted by Crippen LogP contribution is 2.30. The smallest absolute Gasteiger partial charge is 0.241 e. The van der Waals surface area contributed by atoms with Crippen molar-refractivity contribution in [2.75, 3.05) is 49.6 Å². The Labute approximate surface area is 157 Å². The molecule has 2 unspecified atom stereocenters. The van der Waals surface area contributed by atoms with Crippen LogP contribution in [-0.4, -0.2) is 66.7 Å². The summed E-state index contributed by atoms with van der Waals surface area (Å²) in [6.45, 7) is 5.51. The van der Waals surface area contributed by atoms with Gasteiger partial charge in [-0.1, -0.05) is 0 Å². The van der Waals surface area contributed by atoms with E-state index in [1.54, 1.807) is 22.6 Å². The average Bonchev–Trinajstić information content (AvgIpc) is 3.18. The van der Waals surface area contributed by atoms with Crippen molar-refractivity contribution >= 4 is 28.9 Å². The number of hydrogen-bond acceptors (Lipinski definition) is 7. The van der Waals surface area contributed by atoms with Crippen LogP contribution in [0, 0.1) is 0 Å². The molecule has 26 heavy (non-hydrogen) atoms. The van der Waals surface area contributed by atoms with Gasteiger partial charge < -0.3 is 19.4 Å².